The van der Waals surface area contributed by atoms with Crippen molar-refractivity contribution in [3.05, 3.63) is 0 Å². The molecule has 1 aliphatic heterocycles. The first-order chi connectivity index (χ1) is 7.03. The van der Waals surface area contributed by atoms with Crippen molar-refractivity contribution in [2.24, 2.45) is 0 Å². The smallest absolute Gasteiger partial charge is 0.0707 e. The number of ether oxygens (including phenoxy) is 1. The van der Waals surface area contributed by atoms with Gasteiger partial charge in [-0.1, -0.05) is 22.9 Å². The van der Waals surface area contributed by atoms with Gasteiger partial charge in [-0.3, -0.25) is 0 Å². The van der Waals surface area contributed by atoms with Gasteiger partial charge in [0.15, 0.2) is 0 Å². The summed E-state index contributed by atoms with van der Waals surface area (Å²) in [5, 5.41) is 3.48. The summed E-state index contributed by atoms with van der Waals surface area (Å²) in [6.07, 6.45) is 5.22. The summed E-state index contributed by atoms with van der Waals surface area (Å²) < 4.78 is 5.91. The molecule has 15 heavy (non-hydrogen) atoms. The highest BCUT2D eigenvalue weighted by molar-refractivity contribution is 9.09. The lowest BCUT2D eigenvalue weighted by molar-refractivity contribution is -0.0141. The molecule has 1 rings (SSSR count). The molecule has 1 N–H and O–H groups in total. The van der Waals surface area contributed by atoms with Crippen LogP contribution >= 0.6 is 15.9 Å². The number of rotatable bonds is 6. The Bertz CT molecular complexity index is 184. The van der Waals surface area contributed by atoms with E-state index in [9.17, 15) is 0 Å². The molecular weight excluding hydrogens is 254 g/mol. The molecule has 2 nitrogen and oxygen atoms in total. The highest BCUT2D eigenvalue weighted by atomic mass is 79.9. The van der Waals surface area contributed by atoms with Gasteiger partial charge in [-0.25, -0.2) is 0 Å². The SMILES string of the molecule is CCC(Br)CCNCC1CCC(C)(C)O1. The van der Waals surface area contributed by atoms with Crippen LogP contribution in [0, 0.1) is 0 Å². The lowest BCUT2D eigenvalue weighted by Crippen LogP contribution is -2.30. The zero-order chi connectivity index (χ0) is 11.3. The Morgan fingerprint density at radius 2 is 2.27 bits per heavy atom. The van der Waals surface area contributed by atoms with Gasteiger partial charge in [0.1, 0.15) is 0 Å². The van der Waals surface area contributed by atoms with Crippen LogP contribution in [0.2, 0.25) is 0 Å². The maximum Gasteiger partial charge on any atom is 0.0707 e. The molecule has 0 amide bonds. The minimum absolute atomic E-state index is 0.105. The number of hydrogen-bond donors (Lipinski definition) is 1. The second-order valence-corrected chi connectivity index (χ2v) is 6.33. The van der Waals surface area contributed by atoms with E-state index in [0.29, 0.717) is 10.9 Å². The van der Waals surface area contributed by atoms with Crippen molar-refractivity contribution in [2.45, 2.75) is 63.0 Å². The third kappa shape index (κ3) is 5.32. The summed E-state index contributed by atoms with van der Waals surface area (Å²) in [4.78, 5) is 0.658. The number of hydrogen-bond acceptors (Lipinski definition) is 2. The second kappa shape index (κ2) is 6.21. The first-order valence-corrected chi connectivity index (χ1v) is 6.97. The number of nitrogens with one attached hydrogen (secondary N) is 1. The molecule has 2 atom stereocenters. The van der Waals surface area contributed by atoms with Gasteiger partial charge in [-0.05, 0) is 46.1 Å². The fourth-order valence-corrected chi connectivity index (χ4v) is 2.18. The van der Waals surface area contributed by atoms with Gasteiger partial charge in [0.2, 0.25) is 0 Å². The predicted octanol–water partition coefficient (Wildman–Crippen LogP) is 3.10. The molecule has 0 bridgehead atoms. The molecule has 1 heterocycles. The van der Waals surface area contributed by atoms with Crippen LogP contribution in [0.3, 0.4) is 0 Å². The minimum Gasteiger partial charge on any atom is -0.371 e. The first-order valence-electron chi connectivity index (χ1n) is 6.06. The van der Waals surface area contributed by atoms with Crippen molar-refractivity contribution >= 4 is 15.9 Å². The van der Waals surface area contributed by atoms with Crippen LogP contribution in [0.15, 0.2) is 0 Å². The van der Waals surface area contributed by atoms with Crippen molar-refractivity contribution < 1.29 is 4.74 Å². The molecule has 2 unspecified atom stereocenters. The van der Waals surface area contributed by atoms with E-state index in [-0.39, 0.29) is 5.60 Å². The van der Waals surface area contributed by atoms with E-state index >= 15 is 0 Å². The standard InChI is InChI=1S/C12H24BrNO/c1-4-10(13)6-8-14-9-11-5-7-12(2,3)15-11/h10-11,14H,4-9H2,1-3H3. The van der Waals surface area contributed by atoms with E-state index in [2.05, 4.69) is 42.0 Å². The van der Waals surface area contributed by atoms with Gasteiger partial charge in [0.05, 0.1) is 11.7 Å². The molecule has 0 saturated carbocycles. The van der Waals surface area contributed by atoms with Gasteiger partial charge in [0.25, 0.3) is 0 Å². The summed E-state index contributed by atoms with van der Waals surface area (Å²) in [6.45, 7) is 8.66. The van der Waals surface area contributed by atoms with E-state index in [1.165, 1.54) is 25.7 Å². The topological polar surface area (TPSA) is 21.3 Å². The molecule has 0 aromatic carbocycles. The summed E-state index contributed by atoms with van der Waals surface area (Å²) in [7, 11) is 0. The number of halogens is 1. The molecule has 1 fully saturated rings. The molecule has 0 aromatic heterocycles. The van der Waals surface area contributed by atoms with Crippen molar-refractivity contribution in [3.63, 3.8) is 0 Å². The van der Waals surface area contributed by atoms with Gasteiger partial charge >= 0.3 is 0 Å². The Labute approximate surface area is 102 Å². The zero-order valence-electron chi connectivity index (χ0n) is 10.2. The molecular formula is C12H24BrNO. The van der Waals surface area contributed by atoms with Crippen molar-refractivity contribution in [1.82, 2.24) is 5.32 Å². The Morgan fingerprint density at radius 1 is 1.53 bits per heavy atom. The Kier molecular flexibility index (Phi) is 5.58. The van der Waals surface area contributed by atoms with Gasteiger partial charge < -0.3 is 10.1 Å². The molecule has 1 aliphatic rings. The monoisotopic (exact) mass is 277 g/mol. The van der Waals surface area contributed by atoms with Gasteiger partial charge in [-0.15, -0.1) is 0 Å². The highest BCUT2D eigenvalue weighted by Crippen LogP contribution is 2.28. The molecule has 0 aliphatic carbocycles. The van der Waals surface area contributed by atoms with Crippen LogP contribution in [-0.2, 0) is 4.74 Å². The second-order valence-electron chi connectivity index (χ2n) is 5.04. The summed E-state index contributed by atoms with van der Waals surface area (Å²) in [6, 6.07) is 0. The molecule has 1 saturated heterocycles. The third-order valence-electron chi connectivity index (χ3n) is 3.00. The van der Waals surface area contributed by atoms with Crippen molar-refractivity contribution in [2.75, 3.05) is 13.1 Å². The zero-order valence-corrected chi connectivity index (χ0v) is 11.8. The van der Waals surface area contributed by atoms with Crippen LogP contribution in [0.4, 0.5) is 0 Å². The summed E-state index contributed by atoms with van der Waals surface area (Å²) >= 11 is 3.64. The molecule has 0 spiro atoms. The summed E-state index contributed by atoms with van der Waals surface area (Å²) in [5.41, 5.74) is 0.105. The molecule has 90 valence electrons. The minimum atomic E-state index is 0.105. The van der Waals surface area contributed by atoms with E-state index in [4.69, 9.17) is 4.74 Å². The number of alkyl halides is 1. The van der Waals surface area contributed by atoms with Gasteiger partial charge in [0, 0.05) is 11.4 Å². The van der Waals surface area contributed by atoms with E-state index in [0.717, 1.165) is 13.1 Å². The molecule has 3 heteroatoms. The van der Waals surface area contributed by atoms with Crippen LogP contribution < -0.4 is 5.32 Å². The van der Waals surface area contributed by atoms with Crippen LogP contribution in [0.1, 0.15) is 46.5 Å². The Hall–Kier alpha value is 0.400. The average Bonchev–Trinajstić information content (AvgIpc) is 2.52. The third-order valence-corrected chi connectivity index (χ3v) is 4.11. The van der Waals surface area contributed by atoms with Crippen LogP contribution in [-0.4, -0.2) is 29.6 Å². The quantitative estimate of drug-likeness (QED) is 0.595. The normalized spacial score (nSPS) is 26.8. The van der Waals surface area contributed by atoms with Crippen molar-refractivity contribution in [3.8, 4) is 0 Å². The van der Waals surface area contributed by atoms with Crippen molar-refractivity contribution in [1.29, 1.82) is 0 Å². The lowest BCUT2D eigenvalue weighted by atomic mass is 10.1. The first kappa shape index (κ1) is 13.5. The van der Waals surface area contributed by atoms with Gasteiger partial charge in [-0.2, -0.15) is 0 Å². The fourth-order valence-electron chi connectivity index (χ4n) is 1.95. The Morgan fingerprint density at radius 3 is 2.80 bits per heavy atom. The van der Waals surface area contributed by atoms with Crippen LogP contribution in [0.5, 0.6) is 0 Å². The van der Waals surface area contributed by atoms with Crippen LogP contribution in [0.25, 0.3) is 0 Å². The largest absolute Gasteiger partial charge is 0.371 e. The van der Waals surface area contributed by atoms with E-state index in [1.807, 2.05) is 0 Å². The maximum atomic E-state index is 5.91. The fraction of sp³-hybridized carbons (Fsp3) is 1.00. The summed E-state index contributed by atoms with van der Waals surface area (Å²) in [5.74, 6) is 0. The van der Waals surface area contributed by atoms with E-state index < -0.39 is 0 Å². The molecule has 0 aromatic rings. The Balaban J connectivity index is 2.02. The predicted molar refractivity (Wildman–Crippen MR) is 68.7 cm³/mol. The average molecular weight is 278 g/mol. The maximum absolute atomic E-state index is 5.91. The van der Waals surface area contributed by atoms with E-state index in [1.54, 1.807) is 0 Å². The highest BCUT2D eigenvalue weighted by Gasteiger charge is 2.30. The molecule has 0 radical (unpaired) electrons. The lowest BCUT2D eigenvalue weighted by Gasteiger charge is -2.19.